The Morgan fingerprint density at radius 2 is 2.09 bits per heavy atom. The molecule has 4 heteroatoms. The van der Waals surface area contributed by atoms with Crippen LogP contribution in [0.25, 0.3) is 0 Å². The molecule has 1 fully saturated rings. The summed E-state index contributed by atoms with van der Waals surface area (Å²) in [6.45, 7) is 6.16. The normalized spacial score (nSPS) is 28.6. The van der Waals surface area contributed by atoms with E-state index in [1.165, 1.54) is 0 Å². The standard InChI is InChI=1S/C18H22N2O2/c1-11(2)10-22-15-6-4-3-5-14(15)20-18(21)16-12-7-8-13(9-12)17(16)19/h3-8,12-13,16-17H,1,9-10,19H2,2H3,(H,20,21)/t12-,13+,16-,17+/m1/s1. The molecule has 3 N–H and O–H groups in total. The highest BCUT2D eigenvalue weighted by Crippen LogP contribution is 2.43. The predicted octanol–water partition coefficient (Wildman–Crippen LogP) is 2.73. The molecule has 0 heterocycles. The van der Waals surface area contributed by atoms with Crippen molar-refractivity contribution in [2.75, 3.05) is 11.9 Å². The minimum Gasteiger partial charge on any atom is -0.487 e. The molecule has 1 aromatic rings. The van der Waals surface area contributed by atoms with Crippen molar-refractivity contribution in [3.8, 4) is 5.75 Å². The van der Waals surface area contributed by atoms with Crippen LogP contribution in [-0.2, 0) is 4.79 Å². The summed E-state index contributed by atoms with van der Waals surface area (Å²) in [5.74, 6) is 1.10. The van der Waals surface area contributed by atoms with Gasteiger partial charge in [-0.1, -0.05) is 30.9 Å². The van der Waals surface area contributed by atoms with Gasteiger partial charge in [-0.05, 0) is 42.9 Å². The highest BCUT2D eigenvalue weighted by Gasteiger charge is 2.46. The monoisotopic (exact) mass is 298 g/mol. The first-order valence-electron chi connectivity index (χ1n) is 7.67. The van der Waals surface area contributed by atoms with Gasteiger partial charge < -0.3 is 15.8 Å². The molecule has 1 amide bonds. The molecule has 4 nitrogen and oxygen atoms in total. The van der Waals surface area contributed by atoms with Gasteiger partial charge in [-0.25, -0.2) is 0 Å². The number of anilines is 1. The smallest absolute Gasteiger partial charge is 0.229 e. The average Bonchev–Trinajstić information content (AvgIpc) is 3.07. The Hall–Kier alpha value is -2.07. The maximum atomic E-state index is 12.6. The third-order valence-corrected chi connectivity index (χ3v) is 4.44. The van der Waals surface area contributed by atoms with E-state index >= 15 is 0 Å². The Morgan fingerprint density at radius 1 is 1.36 bits per heavy atom. The van der Waals surface area contributed by atoms with E-state index < -0.39 is 0 Å². The van der Waals surface area contributed by atoms with Crippen molar-refractivity contribution in [3.05, 3.63) is 48.6 Å². The number of allylic oxidation sites excluding steroid dienone is 1. The second kappa shape index (κ2) is 5.97. The molecule has 0 spiro atoms. The summed E-state index contributed by atoms with van der Waals surface area (Å²) in [6, 6.07) is 7.37. The zero-order chi connectivity index (χ0) is 15.7. The number of benzene rings is 1. The summed E-state index contributed by atoms with van der Waals surface area (Å²) < 4.78 is 5.69. The van der Waals surface area contributed by atoms with Gasteiger partial charge in [-0.15, -0.1) is 0 Å². The van der Waals surface area contributed by atoms with E-state index in [-0.39, 0.29) is 23.8 Å². The third-order valence-electron chi connectivity index (χ3n) is 4.44. The fourth-order valence-corrected chi connectivity index (χ4v) is 3.34. The van der Waals surface area contributed by atoms with E-state index in [2.05, 4.69) is 24.0 Å². The molecule has 0 saturated heterocycles. The Morgan fingerprint density at radius 3 is 2.77 bits per heavy atom. The van der Waals surface area contributed by atoms with Crippen molar-refractivity contribution < 1.29 is 9.53 Å². The number of hydrogen-bond acceptors (Lipinski definition) is 3. The Bertz CT molecular complexity index is 623. The van der Waals surface area contributed by atoms with E-state index in [0.717, 1.165) is 12.0 Å². The van der Waals surface area contributed by atoms with Gasteiger partial charge in [0.05, 0.1) is 11.6 Å². The largest absolute Gasteiger partial charge is 0.487 e. The third kappa shape index (κ3) is 2.79. The summed E-state index contributed by atoms with van der Waals surface area (Å²) in [6.07, 6.45) is 5.26. The molecule has 2 aliphatic carbocycles. The first kappa shape index (κ1) is 14.9. The number of amides is 1. The molecule has 1 saturated carbocycles. The molecule has 0 aliphatic heterocycles. The van der Waals surface area contributed by atoms with E-state index in [4.69, 9.17) is 10.5 Å². The maximum Gasteiger partial charge on any atom is 0.229 e. The van der Waals surface area contributed by atoms with E-state index in [1.807, 2.05) is 31.2 Å². The van der Waals surface area contributed by atoms with Crippen LogP contribution in [0.15, 0.2) is 48.6 Å². The topological polar surface area (TPSA) is 64.3 Å². The molecule has 4 atom stereocenters. The molecule has 22 heavy (non-hydrogen) atoms. The minimum absolute atomic E-state index is 0.0178. The molecule has 0 radical (unpaired) electrons. The summed E-state index contributed by atoms with van der Waals surface area (Å²) in [5, 5.41) is 2.98. The van der Waals surface area contributed by atoms with Crippen LogP contribution in [0.2, 0.25) is 0 Å². The van der Waals surface area contributed by atoms with Crippen molar-refractivity contribution in [1.29, 1.82) is 0 Å². The Kier molecular flexibility index (Phi) is 4.03. The second-order valence-electron chi connectivity index (χ2n) is 6.28. The lowest BCUT2D eigenvalue weighted by atomic mass is 9.88. The quantitative estimate of drug-likeness (QED) is 0.822. The van der Waals surface area contributed by atoms with Gasteiger partial charge in [0.2, 0.25) is 5.91 Å². The molecule has 1 aromatic carbocycles. The zero-order valence-electron chi connectivity index (χ0n) is 12.8. The van der Waals surface area contributed by atoms with Crippen LogP contribution in [0.5, 0.6) is 5.75 Å². The molecule has 3 rings (SSSR count). The van der Waals surface area contributed by atoms with Crippen LogP contribution >= 0.6 is 0 Å². The fraction of sp³-hybridized carbons (Fsp3) is 0.389. The second-order valence-corrected chi connectivity index (χ2v) is 6.28. The number of hydrogen-bond donors (Lipinski definition) is 2. The number of nitrogens with two attached hydrogens (primary N) is 1. The van der Waals surface area contributed by atoms with Gasteiger partial charge in [0.1, 0.15) is 12.4 Å². The predicted molar refractivity (Wildman–Crippen MR) is 87.6 cm³/mol. The van der Waals surface area contributed by atoms with Gasteiger partial charge >= 0.3 is 0 Å². The van der Waals surface area contributed by atoms with Crippen LogP contribution in [0.3, 0.4) is 0 Å². The van der Waals surface area contributed by atoms with Crippen LogP contribution in [0.4, 0.5) is 5.69 Å². The number of nitrogens with one attached hydrogen (secondary N) is 1. The Balaban J connectivity index is 1.72. The summed E-state index contributed by atoms with van der Waals surface area (Å²) in [7, 11) is 0. The fourth-order valence-electron chi connectivity index (χ4n) is 3.34. The molecule has 0 unspecified atom stereocenters. The minimum atomic E-state index is -0.149. The lowest BCUT2D eigenvalue weighted by molar-refractivity contribution is -0.120. The SMILES string of the molecule is C=C(C)COc1ccccc1NC(=O)[C@H]1[C@@H](N)[C@H]2C=C[C@@H]1C2. The lowest BCUT2D eigenvalue weighted by Crippen LogP contribution is -2.41. The van der Waals surface area contributed by atoms with Crippen molar-refractivity contribution in [2.45, 2.75) is 19.4 Å². The zero-order valence-corrected chi connectivity index (χ0v) is 12.8. The van der Waals surface area contributed by atoms with Crippen molar-refractivity contribution in [3.63, 3.8) is 0 Å². The van der Waals surface area contributed by atoms with Crippen molar-refractivity contribution in [2.24, 2.45) is 23.5 Å². The van der Waals surface area contributed by atoms with Crippen LogP contribution in [-0.4, -0.2) is 18.6 Å². The maximum absolute atomic E-state index is 12.6. The molecule has 116 valence electrons. The van der Waals surface area contributed by atoms with Crippen LogP contribution < -0.4 is 15.8 Å². The summed E-state index contributed by atoms with van der Waals surface area (Å²) in [5.41, 5.74) is 7.82. The van der Waals surface area contributed by atoms with Gasteiger partial charge in [0.25, 0.3) is 0 Å². The van der Waals surface area contributed by atoms with E-state index in [9.17, 15) is 4.79 Å². The number of para-hydroxylation sites is 2. The number of carbonyl (C=O) groups is 1. The number of rotatable bonds is 5. The van der Waals surface area contributed by atoms with Gasteiger partial charge in [-0.2, -0.15) is 0 Å². The highest BCUT2D eigenvalue weighted by atomic mass is 16.5. The highest BCUT2D eigenvalue weighted by molar-refractivity contribution is 5.95. The average molecular weight is 298 g/mol. The van der Waals surface area contributed by atoms with E-state index in [0.29, 0.717) is 24.0 Å². The molecule has 2 bridgehead atoms. The first-order chi connectivity index (χ1) is 10.6. The van der Waals surface area contributed by atoms with Gasteiger partial charge in [0, 0.05) is 6.04 Å². The van der Waals surface area contributed by atoms with Gasteiger partial charge in [0.15, 0.2) is 0 Å². The van der Waals surface area contributed by atoms with Crippen molar-refractivity contribution in [1.82, 2.24) is 0 Å². The van der Waals surface area contributed by atoms with Crippen LogP contribution in [0, 0.1) is 17.8 Å². The molecular weight excluding hydrogens is 276 g/mol. The number of ether oxygens (including phenoxy) is 1. The molecular formula is C18H22N2O2. The van der Waals surface area contributed by atoms with E-state index in [1.54, 1.807) is 0 Å². The Labute approximate surface area is 131 Å². The number of fused-ring (bicyclic) bond motifs is 2. The number of carbonyl (C=O) groups excluding carboxylic acids is 1. The first-order valence-corrected chi connectivity index (χ1v) is 7.67. The van der Waals surface area contributed by atoms with Gasteiger partial charge in [-0.3, -0.25) is 4.79 Å². The molecule has 0 aromatic heterocycles. The summed E-state index contributed by atoms with van der Waals surface area (Å²) >= 11 is 0. The van der Waals surface area contributed by atoms with Crippen LogP contribution in [0.1, 0.15) is 13.3 Å². The summed E-state index contributed by atoms with van der Waals surface area (Å²) in [4.78, 5) is 12.6. The van der Waals surface area contributed by atoms with Crippen molar-refractivity contribution >= 4 is 11.6 Å². The lowest BCUT2D eigenvalue weighted by Gasteiger charge is -2.24. The molecule has 2 aliphatic rings.